The largest absolute Gasteiger partial charge is 0.423 e. The first-order chi connectivity index (χ1) is 12.0. The van der Waals surface area contributed by atoms with Gasteiger partial charge in [0.1, 0.15) is 5.52 Å². The number of carbonyl (C=O) groups is 1. The Kier molecular flexibility index (Phi) is 4.03. The third-order valence-electron chi connectivity index (χ3n) is 5.21. The van der Waals surface area contributed by atoms with Crippen molar-refractivity contribution in [1.82, 2.24) is 14.8 Å². The molecule has 0 radical (unpaired) electrons. The van der Waals surface area contributed by atoms with Gasteiger partial charge in [0.05, 0.1) is 0 Å². The third kappa shape index (κ3) is 3.04. The molecule has 0 spiro atoms. The fourth-order valence-electron chi connectivity index (χ4n) is 3.85. The Morgan fingerprint density at radius 2 is 2.20 bits per heavy atom. The molecule has 7 heteroatoms. The van der Waals surface area contributed by atoms with E-state index >= 15 is 0 Å². The summed E-state index contributed by atoms with van der Waals surface area (Å²) in [6.45, 7) is 5.06. The van der Waals surface area contributed by atoms with Crippen LogP contribution >= 0.6 is 0 Å². The van der Waals surface area contributed by atoms with E-state index in [4.69, 9.17) is 4.42 Å². The molecule has 0 aliphatic carbocycles. The van der Waals surface area contributed by atoms with Gasteiger partial charge in [-0.25, -0.2) is 4.79 Å². The predicted molar refractivity (Wildman–Crippen MR) is 98.1 cm³/mol. The highest BCUT2D eigenvalue weighted by molar-refractivity contribution is 5.92. The number of amides is 2. The Morgan fingerprint density at radius 3 is 3.00 bits per heavy atom. The summed E-state index contributed by atoms with van der Waals surface area (Å²) in [7, 11) is 3.77. The Balaban J connectivity index is 1.49. The first-order valence-corrected chi connectivity index (χ1v) is 8.91. The quantitative estimate of drug-likeness (QED) is 0.908. The second-order valence-electron chi connectivity index (χ2n) is 7.30. The van der Waals surface area contributed by atoms with E-state index in [1.165, 1.54) is 19.4 Å². The van der Waals surface area contributed by atoms with E-state index in [0.717, 1.165) is 24.3 Å². The SMILES string of the molecule is C[C@@H]1CN2CCC[C@H]2CN1C(=O)Nc1ccc2nc(N(C)C)oc2c1. The lowest BCUT2D eigenvalue weighted by atomic mass is 10.1. The molecule has 4 rings (SSSR count). The molecule has 2 aliphatic rings. The van der Waals surface area contributed by atoms with Crippen molar-refractivity contribution < 1.29 is 9.21 Å². The molecule has 2 saturated heterocycles. The van der Waals surface area contributed by atoms with Crippen LogP contribution in [-0.4, -0.2) is 66.6 Å². The van der Waals surface area contributed by atoms with Crippen molar-refractivity contribution in [1.29, 1.82) is 0 Å². The van der Waals surface area contributed by atoms with E-state index in [2.05, 4.69) is 22.1 Å². The molecule has 134 valence electrons. The summed E-state index contributed by atoms with van der Waals surface area (Å²) in [5.74, 6) is 0. The smallest absolute Gasteiger partial charge is 0.322 e. The van der Waals surface area contributed by atoms with Gasteiger partial charge in [-0.1, -0.05) is 0 Å². The normalized spacial score (nSPS) is 23.7. The highest BCUT2D eigenvalue weighted by Crippen LogP contribution is 2.26. The number of anilines is 2. The van der Waals surface area contributed by atoms with E-state index in [1.54, 1.807) is 0 Å². The standard InChI is InChI=1S/C18H25N5O2/c1-12-10-22-8-4-5-14(22)11-23(12)17(24)19-13-6-7-15-16(9-13)25-18(20-15)21(2)3/h6-7,9,12,14H,4-5,8,10-11H2,1-3H3,(H,19,24)/t12-,14+/m1/s1. The minimum atomic E-state index is -0.0363. The average molecular weight is 343 g/mol. The number of nitrogens with zero attached hydrogens (tertiary/aromatic N) is 4. The van der Waals surface area contributed by atoms with Gasteiger partial charge in [-0.05, 0) is 38.4 Å². The molecule has 25 heavy (non-hydrogen) atoms. The molecule has 7 nitrogen and oxygen atoms in total. The van der Waals surface area contributed by atoms with E-state index < -0.39 is 0 Å². The van der Waals surface area contributed by atoms with Crippen LogP contribution in [0.25, 0.3) is 11.1 Å². The van der Waals surface area contributed by atoms with E-state index in [1.807, 2.05) is 42.1 Å². The predicted octanol–water partition coefficient (Wildman–Crippen LogP) is 2.59. The van der Waals surface area contributed by atoms with Crippen molar-refractivity contribution in [2.45, 2.75) is 31.8 Å². The van der Waals surface area contributed by atoms with E-state index in [-0.39, 0.29) is 12.1 Å². The van der Waals surface area contributed by atoms with Gasteiger partial charge in [0, 0.05) is 51.0 Å². The molecule has 2 amide bonds. The van der Waals surface area contributed by atoms with Gasteiger partial charge in [-0.15, -0.1) is 0 Å². The van der Waals surface area contributed by atoms with Crippen LogP contribution in [0.2, 0.25) is 0 Å². The van der Waals surface area contributed by atoms with Crippen molar-refractivity contribution in [3.63, 3.8) is 0 Å². The van der Waals surface area contributed by atoms with Crippen molar-refractivity contribution in [2.24, 2.45) is 0 Å². The van der Waals surface area contributed by atoms with Crippen molar-refractivity contribution in [3.8, 4) is 0 Å². The van der Waals surface area contributed by atoms with Gasteiger partial charge in [-0.3, -0.25) is 4.90 Å². The summed E-state index contributed by atoms with van der Waals surface area (Å²) in [6.07, 6.45) is 2.43. The Morgan fingerprint density at radius 1 is 1.36 bits per heavy atom. The number of fused-ring (bicyclic) bond motifs is 2. The Hall–Kier alpha value is -2.28. The maximum absolute atomic E-state index is 12.8. The number of hydrogen-bond donors (Lipinski definition) is 1. The maximum atomic E-state index is 12.8. The lowest BCUT2D eigenvalue weighted by molar-refractivity contribution is 0.0861. The highest BCUT2D eigenvalue weighted by Gasteiger charge is 2.36. The summed E-state index contributed by atoms with van der Waals surface area (Å²) < 4.78 is 5.72. The monoisotopic (exact) mass is 343 g/mol. The number of hydrogen-bond acceptors (Lipinski definition) is 5. The fourth-order valence-corrected chi connectivity index (χ4v) is 3.85. The number of aromatic nitrogens is 1. The fraction of sp³-hybridized carbons (Fsp3) is 0.556. The van der Waals surface area contributed by atoms with Crippen LogP contribution in [0.3, 0.4) is 0 Å². The summed E-state index contributed by atoms with van der Waals surface area (Å²) in [4.78, 5) is 23.5. The molecular weight excluding hydrogens is 318 g/mol. The third-order valence-corrected chi connectivity index (χ3v) is 5.21. The molecule has 1 aromatic heterocycles. The second-order valence-corrected chi connectivity index (χ2v) is 7.30. The molecule has 2 aromatic rings. The number of benzene rings is 1. The molecule has 3 heterocycles. The maximum Gasteiger partial charge on any atom is 0.322 e. The van der Waals surface area contributed by atoms with E-state index in [0.29, 0.717) is 17.6 Å². The zero-order valence-electron chi connectivity index (χ0n) is 15.0. The van der Waals surface area contributed by atoms with Crippen LogP contribution in [0.4, 0.5) is 16.5 Å². The summed E-state index contributed by atoms with van der Waals surface area (Å²) >= 11 is 0. The number of oxazole rings is 1. The first kappa shape index (κ1) is 16.2. The zero-order chi connectivity index (χ0) is 17.6. The van der Waals surface area contributed by atoms with Crippen LogP contribution < -0.4 is 10.2 Å². The highest BCUT2D eigenvalue weighted by atomic mass is 16.4. The topological polar surface area (TPSA) is 64.8 Å². The summed E-state index contributed by atoms with van der Waals surface area (Å²) in [5.41, 5.74) is 2.20. The molecular formula is C18H25N5O2. The lowest BCUT2D eigenvalue weighted by Gasteiger charge is -2.42. The Bertz CT molecular complexity index is 787. The number of urea groups is 1. The van der Waals surface area contributed by atoms with Gasteiger partial charge in [0.2, 0.25) is 0 Å². The van der Waals surface area contributed by atoms with Gasteiger partial charge in [0.15, 0.2) is 5.58 Å². The molecule has 0 unspecified atom stereocenters. The summed E-state index contributed by atoms with van der Waals surface area (Å²) in [5, 5.41) is 3.02. The van der Waals surface area contributed by atoms with Crippen LogP contribution in [0, 0.1) is 0 Å². The molecule has 1 aromatic carbocycles. The summed E-state index contributed by atoms with van der Waals surface area (Å²) in [6, 6.07) is 6.85. The first-order valence-electron chi connectivity index (χ1n) is 8.91. The lowest BCUT2D eigenvalue weighted by Crippen LogP contribution is -2.57. The van der Waals surface area contributed by atoms with Crippen molar-refractivity contribution >= 4 is 28.8 Å². The number of piperazine rings is 1. The van der Waals surface area contributed by atoms with Crippen LogP contribution in [0.5, 0.6) is 0 Å². The minimum Gasteiger partial charge on any atom is -0.423 e. The van der Waals surface area contributed by atoms with Crippen LogP contribution in [0.15, 0.2) is 22.6 Å². The average Bonchev–Trinajstić information content (AvgIpc) is 3.19. The molecule has 0 bridgehead atoms. The molecule has 0 saturated carbocycles. The number of nitrogens with one attached hydrogen (secondary N) is 1. The molecule has 1 N–H and O–H groups in total. The molecule has 2 aliphatic heterocycles. The van der Waals surface area contributed by atoms with E-state index in [9.17, 15) is 4.79 Å². The zero-order valence-corrected chi connectivity index (χ0v) is 15.0. The number of rotatable bonds is 2. The van der Waals surface area contributed by atoms with Gasteiger partial charge in [-0.2, -0.15) is 4.98 Å². The molecule has 2 atom stereocenters. The second kappa shape index (κ2) is 6.22. The van der Waals surface area contributed by atoms with Gasteiger partial charge in [0.25, 0.3) is 6.01 Å². The van der Waals surface area contributed by atoms with Crippen molar-refractivity contribution in [2.75, 3.05) is 43.9 Å². The van der Waals surface area contributed by atoms with Crippen LogP contribution in [0.1, 0.15) is 19.8 Å². The van der Waals surface area contributed by atoms with Crippen LogP contribution in [-0.2, 0) is 0 Å². The van der Waals surface area contributed by atoms with Gasteiger partial charge < -0.3 is 19.5 Å². The minimum absolute atomic E-state index is 0.0363. The molecule has 2 fully saturated rings. The van der Waals surface area contributed by atoms with Crippen molar-refractivity contribution in [3.05, 3.63) is 18.2 Å². The Labute approximate surface area is 147 Å². The van der Waals surface area contributed by atoms with Gasteiger partial charge >= 0.3 is 6.03 Å². The number of carbonyl (C=O) groups excluding carboxylic acids is 1.